The van der Waals surface area contributed by atoms with Gasteiger partial charge in [0.1, 0.15) is 6.54 Å². The number of nitrogens with two attached hydrogens (primary N) is 2. The lowest BCUT2D eigenvalue weighted by atomic mass is 10.2. The summed E-state index contributed by atoms with van der Waals surface area (Å²) in [6.45, 7) is 1.69. The van der Waals surface area contributed by atoms with E-state index in [-0.39, 0.29) is 18.8 Å². The molecule has 0 atom stereocenters. The zero-order chi connectivity index (χ0) is 15.4. The summed E-state index contributed by atoms with van der Waals surface area (Å²) >= 11 is 0. The highest BCUT2D eigenvalue weighted by Gasteiger charge is 2.21. The van der Waals surface area contributed by atoms with Crippen molar-refractivity contribution in [2.75, 3.05) is 12.3 Å². The van der Waals surface area contributed by atoms with Gasteiger partial charge in [0.05, 0.1) is 5.69 Å². The van der Waals surface area contributed by atoms with E-state index >= 15 is 0 Å². The van der Waals surface area contributed by atoms with Gasteiger partial charge in [0.25, 0.3) is 5.91 Å². The molecule has 21 heavy (non-hydrogen) atoms. The molecule has 0 bridgehead atoms. The van der Waals surface area contributed by atoms with Crippen molar-refractivity contribution < 1.29 is 14.1 Å². The fraction of sp³-hybridized carbons (Fsp3) is 0.214. The summed E-state index contributed by atoms with van der Waals surface area (Å²) in [5, 5.41) is 3.66. The number of carbonyl (C=O) groups excluding carboxylic acids is 2. The highest BCUT2D eigenvalue weighted by atomic mass is 16.5. The van der Waals surface area contributed by atoms with E-state index in [0.29, 0.717) is 11.4 Å². The standard InChI is InChI=1S/C14H16N4O3/c1-9-5-12(21-17-9)14(20)18(8-13(16)19)7-10-3-2-4-11(15)6-10/h2-6H,7-8,15H2,1H3,(H2,16,19). The summed E-state index contributed by atoms with van der Waals surface area (Å²) in [6.07, 6.45) is 0. The molecule has 0 aliphatic rings. The monoisotopic (exact) mass is 288 g/mol. The number of amides is 2. The normalized spacial score (nSPS) is 10.3. The van der Waals surface area contributed by atoms with E-state index in [0.717, 1.165) is 5.56 Å². The van der Waals surface area contributed by atoms with Gasteiger partial charge in [0.15, 0.2) is 0 Å². The molecule has 0 radical (unpaired) electrons. The van der Waals surface area contributed by atoms with Crippen LogP contribution in [0.15, 0.2) is 34.9 Å². The summed E-state index contributed by atoms with van der Waals surface area (Å²) in [4.78, 5) is 24.8. The molecule has 0 unspecified atom stereocenters. The van der Waals surface area contributed by atoms with E-state index < -0.39 is 11.8 Å². The predicted molar refractivity (Wildman–Crippen MR) is 76.0 cm³/mol. The molecule has 110 valence electrons. The molecule has 0 aliphatic carbocycles. The zero-order valence-corrected chi connectivity index (χ0v) is 11.6. The van der Waals surface area contributed by atoms with E-state index in [4.69, 9.17) is 16.0 Å². The molecule has 2 aromatic rings. The third-order valence-electron chi connectivity index (χ3n) is 2.80. The Balaban J connectivity index is 2.21. The van der Waals surface area contributed by atoms with Crippen molar-refractivity contribution in [3.63, 3.8) is 0 Å². The summed E-state index contributed by atoms with van der Waals surface area (Å²) in [5.74, 6) is -0.988. The third-order valence-corrected chi connectivity index (χ3v) is 2.80. The molecule has 2 rings (SSSR count). The van der Waals surface area contributed by atoms with Crippen LogP contribution in [0.4, 0.5) is 5.69 Å². The average Bonchev–Trinajstić information content (AvgIpc) is 2.83. The van der Waals surface area contributed by atoms with E-state index in [9.17, 15) is 9.59 Å². The van der Waals surface area contributed by atoms with Crippen LogP contribution in [0.1, 0.15) is 21.8 Å². The summed E-state index contributed by atoms with van der Waals surface area (Å²) < 4.78 is 4.93. The fourth-order valence-corrected chi connectivity index (χ4v) is 1.92. The number of carbonyl (C=O) groups is 2. The molecule has 0 spiro atoms. The second-order valence-corrected chi connectivity index (χ2v) is 4.71. The molecule has 4 N–H and O–H groups in total. The topological polar surface area (TPSA) is 115 Å². The smallest absolute Gasteiger partial charge is 0.293 e. The van der Waals surface area contributed by atoms with Gasteiger partial charge in [-0.15, -0.1) is 0 Å². The van der Waals surface area contributed by atoms with Gasteiger partial charge in [-0.1, -0.05) is 17.3 Å². The maximum absolute atomic E-state index is 12.3. The summed E-state index contributed by atoms with van der Waals surface area (Å²) in [5.41, 5.74) is 12.9. The molecule has 7 nitrogen and oxygen atoms in total. The Labute approximate surface area is 121 Å². The van der Waals surface area contributed by atoms with Crippen LogP contribution in [0.3, 0.4) is 0 Å². The molecule has 0 aliphatic heterocycles. The number of primary amides is 1. The van der Waals surface area contributed by atoms with Crippen LogP contribution in [0.5, 0.6) is 0 Å². The van der Waals surface area contributed by atoms with Gasteiger partial charge >= 0.3 is 0 Å². The van der Waals surface area contributed by atoms with Crippen LogP contribution in [-0.2, 0) is 11.3 Å². The molecule has 2 amide bonds. The summed E-state index contributed by atoms with van der Waals surface area (Å²) in [6, 6.07) is 8.56. The Morgan fingerprint density at radius 2 is 2.10 bits per heavy atom. The number of hydrogen-bond acceptors (Lipinski definition) is 5. The van der Waals surface area contributed by atoms with Gasteiger partial charge in [0.2, 0.25) is 11.7 Å². The van der Waals surface area contributed by atoms with E-state index in [1.807, 2.05) is 6.07 Å². The largest absolute Gasteiger partial charge is 0.399 e. The van der Waals surface area contributed by atoms with Crippen molar-refractivity contribution in [2.24, 2.45) is 5.73 Å². The first-order valence-corrected chi connectivity index (χ1v) is 6.31. The minimum Gasteiger partial charge on any atom is -0.399 e. The molecule has 1 aromatic carbocycles. The minimum atomic E-state index is -0.608. The number of aromatic nitrogens is 1. The van der Waals surface area contributed by atoms with Crippen molar-refractivity contribution >= 4 is 17.5 Å². The van der Waals surface area contributed by atoms with Crippen LogP contribution >= 0.6 is 0 Å². The highest BCUT2D eigenvalue weighted by molar-refractivity contribution is 5.94. The lowest BCUT2D eigenvalue weighted by Crippen LogP contribution is -2.37. The Bertz CT molecular complexity index is 666. The van der Waals surface area contributed by atoms with Gasteiger partial charge < -0.3 is 20.9 Å². The third kappa shape index (κ3) is 3.82. The lowest BCUT2D eigenvalue weighted by Gasteiger charge is -2.20. The number of rotatable bonds is 5. The van der Waals surface area contributed by atoms with Gasteiger partial charge in [-0.2, -0.15) is 0 Å². The number of nitrogen functional groups attached to an aromatic ring is 1. The van der Waals surface area contributed by atoms with Crippen LogP contribution in [0.25, 0.3) is 0 Å². The quantitative estimate of drug-likeness (QED) is 0.785. The van der Waals surface area contributed by atoms with Gasteiger partial charge in [0, 0.05) is 18.3 Å². The van der Waals surface area contributed by atoms with Crippen LogP contribution in [0, 0.1) is 6.92 Å². The number of anilines is 1. The van der Waals surface area contributed by atoms with Crippen LogP contribution < -0.4 is 11.5 Å². The van der Waals surface area contributed by atoms with Crippen LogP contribution in [0.2, 0.25) is 0 Å². The molecule has 0 fully saturated rings. The van der Waals surface area contributed by atoms with E-state index in [1.54, 1.807) is 25.1 Å². The first-order valence-electron chi connectivity index (χ1n) is 6.31. The van der Waals surface area contributed by atoms with Crippen molar-refractivity contribution in [2.45, 2.75) is 13.5 Å². The molecule has 1 aromatic heterocycles. The van der Waals surface area contributed by atoms with E-state index in [1.165, 1.54) is 11.0 Å². The van der Waals surface area contributed by atoms with Gasteiger partial charge in [-0.25, -0.2) is 0 Å². The van der Waals surface area contributed by atoms with Crippen molar-refractivity contribution in [3.8, 4) is 0 Å². The number of nitrogens with zero attached hydrogens (tertiary/aromatic N) is 2. The molecule has 1 heterocycles. The maximum atomic E-state index is 12.3. The second-order valence-electron chi connectivity index (χ2n) is 4.71. The summed E-state index contributed by atoms with van der Waals surface area (Å²) in [7, 11) is 0. The molecular formula is C14H16N4O3. The predicted octanol–water partition coefficient (Wildman–Crippen LogP) is 0.693. The Morgan fingerprint density at radius 3 is 2.67 bits per heavy atom. The Hall–Kier alpha value is -2.83. The van der Waals surface area contributed by atoms with Crippen molar-refractivity contribution in [3.05, 3.63) is 47.3 Å². The first kappa shape index (κ1) is 14.6. The molecule has 0 saturated heterocycles. The second kappa shape index (κ2) is 6.08. The minimum absolute atomic E-state index is 0.0673. The van der Waals surface area contributed by atoms with Gasteiger partial charge in [-0.05, 0) is 24.6 Å². The maximum Gasteiger partial charge on any atom is 0.293 e. The van der Waals surface area contributed by atoms with Crippen molar-refractivity contribution in [1.82, 2.24) is 10.1 Å². The Morgan fingerprint density at radius 1 is 1.33 bits per heavy atom. The lowest BCUT2D eigenvalue weighted by molar-refractivity contribution is -0.118. The highest BCUT2D eigenvalue weighted by Crippen LogP contribution is 2.13. The van der Waals surface area contributed by atoms with Crippen LogP contribution in [-0.4, -0.2) is 28.4 Å². The van der Waals surface area contributed by atoms with Gasteiger partial charge in [-0.3, -0.25) is 9.59 Å². The number of hydrogen-bond donors (Lipinski definition) is 2. The molecule has 0 saturated carbocycles. The van der Waals surface area contributed by atoms with Crippen molar-refractivity contribution in [1.29, 1.82) is 0 Å². The SMILES string of the molecule is Cc1cc(C(=O)N(CC(N)=O)Cc2cccc(N)c2)on1. The molecule has 7 heteroatoms. The average molecular weight is 288 g/mol. The Kier molecular flexibility index (Phi) is 4.22. The van der Waals surface area contributed by atoms with E-state index in [2.05, 4.69) is 5.16 Å². The number of aryl methyl sites for hydroxylation is 1. The first-order chi connectivity index (χ1) is 9.95. The number of benzene rings is 1. The fourth-order valence-electron chi connectivity index (χ4n) is 1.92. The molecular weight excluding hydrogens is 272 g/mol. The zero-order valence-electron chi connectivity index (χ0n) is 11.6.